The van der Waals surface area contributed by atoms with Crippen molar-refractivity contribution in [2.75, 3.05) is 6.54 Å². The van der Waals surface area contributed by atoms with Crippen LogP contribution in [0.2, 0.25) is 0 Å². The highest BCUT2D eigenvalue weighted by Crippen LogP contribution is 2.26. The lowest BCUT2D eigenvalue weighted by atomic mass is 9.84. The number of carboxylic acid groups (broad SMARTS) is 1. The lowest BCUT2D eigenvalue weighted by Gasteiger charge is -2.25. The summed E-state index contributed by atoms with van der Waals surface area (Å²) in [6, 6.07) is 0.241. The predicted octanol–water partition coefficient (Wildman–Crippen LogP) is 1.77. The highest BCUT2D eigenvalue weighted by molar-refractivity contribution is 5.66. The van der Waals surface area contributed by atoms with Gasteiger partial charge in [-0.15, -0.1) is 0 Å². The molecule has 1 fully saturated rings. The van der Waals surface area contributed by atoms with Gasteiger partial charge in [0.25, 0.3) is 0 Å². The maximum Gasteiger partial charge on any atom is 0.303 e. The molecule has 0 aromatic carbocycles. The Hall–Kier alpha value is -0.610. The molecule has 0 radical (unpaired) electrons. The van der Waals surface area contributed by atoms with Crippen molar-refractivity contribution in [1.29, 1.82) is 0 Å². The molecule has 0 aromatic rings. The monoisotopic (exact) mass is 243 g/mol. The van der Waals surface area contributed by atoms with Crippen molar-refractivity contribution in [3.05, 3.63) is 0 Å². The van der Waals surface area contributed by atoms with Crippen molar-refractivity contribution in [3.8, 4) is 0 Å². The van der Waals surface area contributed by atoms with Crippen LogP contribution < -0.4 is 5.32 Å². The Labute approximate surface area is 103 Å². The molecule has 1 rings (SSSR count). The normalized spacial score (nSPS) is 25.1. The predicted molar refractivity (Wildman–Crippen MR) is 66.9 cm³/mol. The molecule has 0 aromatic heterocycles. The third-order valence-corrected chi connectivity index (χ3v) is 3.70. The van der Waals surface area contributed by atoms with Crippen LogP contribution >= 0.6 is 0 Å². The molecule has 100 valence electrons. The van der Waals surface area contributed by atoms with E-state index in [2.05, 4.69) is 19.2 Å². The van der Waals surface area contributed by atoms with E-state index in [9.17, 15) is 9.90 Å². The van der Waals surface area contributed by atoms with E-state index in [1.54, 1.807) is 0 Å². The van der Waals surface area contributed by atoms with Crippen LogP contribution in [0.4, 0.5) is 0 Å². The Balaban J connectivity index is 2.17. The zero-order chi connectivity index (χ0) is 12.9. The Kier molecular flexibility index (Phi) is 5.40. The molecule has 3 N–H and O–H groups in total. The lowest BCUT2D eigenvalue weighted by molar-refractivity contribution is -0.137. The van der Waals surface area contributed by atoms with Crippen LogP contribution in [0.15, 0.2) is 0 Å². The van der Waals surface area contributed by atoms with Gasteiger partial charge in [-0.25, -0.2) is 0 Å². The number of aliphatic carboxylic acids is 1. The molecule has 0 bridgehead atoms. The van der Waals surface area contributed by atoms with Gasteiger partial charge in [0.15, 0.2) is 0 Å². The van der Waals surface area contributed by atoms with Gasteiger partial charge in [0.1, 0.15) is 0 Å². The van der Waals surface area contributed by atoms with Crippen LogP contribution in [-0.4, -0.2) is 34.9 Å². The minimum Gasteiger partial charge on any atom is -0.481 e. The van der Waals surface area contributed by atoms with E-state index in [-0.39, 0.29) is 24.0 Å². The molecule has 1 saturated carbocycles. The molecule has 0 amide bonds. The van der Waals surface area contributed by atoms with Crippen LogP contribution in [-0.2, 0) is 4.79 Å². The molecular formula is C13H25NO3. The van der Waals surface area contributed by atoms with Gasteiger partial charge in [0.2, 0.25) is 0 Å². The zero-order valence-electron chi connectivity index (χ0n) is 10.9. The first-order valence-corrected chi connectivity index (χ1v) is 6.54. The fourth-order valence-electron chi connectivity index (χ4n) is 2.34. The summed E-state index contributed by atoms with van der Waals surface area (Å²) in [6.45, 7) is 5.06. The summed E-state index contributed by atoms with van der Waals surface area (Å²) in [5.74, 6) is -0.725. The average Bonchev–Trinajstić information content (AvgIpc) is 2.62. The first kappa shape index (κ1) is 14.5. The lowest BCUT2D eigenvalue weighted by Crippen LogP contribution is -2.37. The van der Waals surface area contributed by atoms with Gasteiger partial charge in [0.05, 0.1) is 6.10 Å². The fourth-order valence-corrected chi connectivity index (χ4v) is 2.34. The molecule has 2 atom stereocenters. The minimum atomic E-state index is -0.725. The number of hydrogen-bond donors (Lipinski definition) is 3. The zero-order valence-corrected chi connectivity index (χ0v) is 10.9. The Morgan fingerprint density at radius 3 is 2.59 bits per heavy atom. The van der Waals surface area contributed by atoms with Crippen LogP contribution in [0.3, 0.4) is 0 Å². The fraction of sp³-hybridized carbons (Fsp3) is 0.923. The highest BCUT2D eigenvalue weighted by atomic mass is 16.4. The molecule has 17 heavy (non-hydrogen) atoms. The minimum absolute atomic E-state index is 0.0505. The average molecular weight is 243 g/mol. The highest BCUT2D eigenvalue weighted by Gasteiger charge is 2.25. The molecule has 2 unspecified atom stereocenters. The van der Waals surface area contributed by atoms with Crippen LogP contribution in [0.5, 0.6) is 0 Å². The van der Waals surface area contributed by atoms with Gasteiger partial charge in [-0.05, 0) is 44.1 Å². The van der Waals surface area contributed by atoms with E-state index in [0.29, 0.717) is 6.42 Å². The maximum absolute atomic E-state index is 10.5. The maximum atomic E-state index is 10.5. The SMILES string of the molecule is CC(C)(CCNC1CCCC1O)CCC(=O)O. The van der Waals surface area contributed by atoms with E-state index in [0.717, 1.165) is 32.2 Å². The van der Waals surface area contributed by atoms with Crippen molar-refractivity contribution in [1.82, 2.24) is 5.32 Å². The van der Waals surface area contributed by atoms with E-state index in [1.807, 2.05) is 0 Å². The van der Waals surface area contributed by atoms with Crippen molar-refractivity contribution in [3.63, 3.8) is 0 Å². The molecule has 0 saturated heterocycles. The largest absolute Gasteiger partial charge is 0.481 e. The Morgan fingerprint density at radius 1 is 1.35 bits per heavy atom. The molecule has 4 nitrogen and oxygen atoms in total. The van der Waals surface area contributed by atoms with Crippen molar-refractivity contribution in [2.24, 2.45) is 5.41 Å². The number of rotatable bonds is 7. The topological polar surface area (TPSA) is 69.6 Å². The number of carboxylic acids is 1. The summed E-state index contributed by atoms with van der Waals surface area (Å²) in [4.78, 5) is 10.5. The molecule has 1 aliphatic rings. The van der Waals surface area contributed by atoms with E-state index < -0.39 is 5.97 Å². The van der Waals surface area contributed by atoms with E-state index in [1.165, 1.54) is 0 Å². The van der Waals surface area contributed by atoms with Gasteiger partial charge in [-0.1, -0.05) is 13.8 Å². The van der Waals surface area contributed by atoms with E-state index >= 15 is 0 Å². The summed E-state index contributed by atoms with van der Waals surface area (Å²) in [6.07, 6.45) is 4.75. The Morgan fingerprint density at radius 2 is 2.06 bits per heavy atom. The summed E-state index contributed by atoms with van der Waals surface area (Å²) in [5, 5.41) is 21.7. The van der Waals surface area contributed by atoms with Crippen LogP contribution in [0, 0.1) is 5.41 Å². The van der Waals surface area contributed by atoms with Crippen LogP contribution in [0.25, 0.3) is 0 Å². The van der Waals surface area contributed by atoms with Crippen LogP contribution in [0.1, 0.15) is 52.4 Å². The first-order valence-electron chi connectivity index (χ1n) is 6.54. The molecule has 0 heterocycles. The van der Waals surface area contributed by atoms with Gasteiger partial charge in [0, 0.05) is 12.5 Å². The quantitative estimate of drug-likeness (QED) is 0.637. The molecule has 1 aliphatic carbocycles. The number of nitrogens with one attached hydrogen (secondary N) is 1. The summed E-state index contributed by atoms with van der Waals surface area (Å²) in [5.41, 5.74) is 0.0505. The molecule has 0 spiro atoms. The van der Waals surface area contributed by atoms with Crippen molar-refractivity contribution in [2.45, 2.75) is 64.5 Å². The second kappa shape index (κ2) is 6.36. The number of aliphatic hydroxyl groups excluding tert-OH is 1. The molecule has 4 heteroatoms. The standard InChI is InChI=1S/C13H25NO3/c1-13(2,7-6-12(16)17)8-9-14-10-4-3-5-11(10)15/h10-11,14-15H,3-9H2,1-2H3,(H,16,17). The van der Waals surface area contributed by atoms with Gasteiger partial charge in [-0.2, -0.15) is 0 Å². The number of carbonyl (C=O) groups is 1. The third kappa shape index (κ3) is 5.50. The first-order chi connectivity index (χ1) is 7.91. The summed E-state index contributed by atoms with van der Waals surface area (Å²) < 4.78 is 0. The second-order valence-electron chi connectivity index (χ2n) is 5.87. The van der Waals surface area contributed by atoms with Gasteiger partial charge in [-0.3, -0.25) is 4.79 Å². The van der Waals surface area contributed by atoms with E-state index in [4.69, 9.17) is 5.11 Å². The second-order valence-corrected chi connectivity index (χ2v) is 5.87. The van der Waals surface area contributed by atoms with Gasteiger partial charge >= 0.3 is 5.97 Å². The summed E-state index contributed by atoms with van der Waals surface area (Å²) >= 11 is 0. The van der Waals surface area contributed by atoms with Crippen molar-refractivity contribution >= 4 is 5.97 Å². The molecule has 0 aliphatic heterocycles. The van der Waals surface area contributed by atoms with Gasteiger partial charge < -0.3 is 15.5 Å². The summed E-state index contributed by atoms with van der Waals surface area (Å²) in [7, 11) is 0. The Bertz CT molecular complexity index is 253. The van der Waals surface area contributed by atoms with Crippen molar-refractivity contribution < 1.29 is 15.0 Å². The number of hydrogen-bond acceptors (Lipinski definition) is 3. The number of aliphatic hydroxyl groups is 1. The molecular weight excluding hydrogens is 218 g/mol. The smallest absolute Gasteiger partial charge is 0.303 e. The third-order valence-electron chi connectivity index (χ3n) is 3.70.